The van der Waals surface area contributed by atoms with Gasteiger partial charge in [0.25, 0.3) is 5.91 Å². The Hall–Kier alpha value is -3.00. The van der Waals surface area contributed by atoms with Crippen LogP contribution in [0.25, 0.3) is 0 Å². The smallest absolute Gasteiger partial charge is 0.264 e. The molecule has 1 fully saturated rings. The van der Waals surface area contributed by atoms with Gasteiger partial charge in [-0.3, -0.25) is 14.4 Å². The first-order valence-corrected chi connectivity index (χ1v) is 11.0. The van der Waals surface area contributed by atoms with E-state index in [4.69, 9.17) is 0 Å². The van der Waals surface area contributed by atoms with E-state index in [1.54, 1.807) is 9.80 Å². The number of hydrogen-bond donors (Lipinski definition) is 0. The third-order valence-corrected chi connectivity index (χ3v) is 6.26. The number of carbonyl (C=O) groups excluding carboxylic acids is 3. The Kier molecular flexibility index (Phi) is 6.23. The number of rotatable bonds is 5. The van der Waals surface area contributed by atoms with Crippen LogP contribution in [0.15, 0.2) is 52.9 Å². The predicted molar refractivity (Wildman–Crippen MR) is 115 cm³/mol. The minimum absolute atomic E-state index is 0.0217. The van der Waals surface area contributed by atoms with Crippen LogP contribution in [-0.4, -0.2) is 71.0 Å². The van der Waals surface area contributed by atoms with Crippen molar-refractivity contribution in [3.05, 3.63) is 58.3 Å². The molecule has 4 rings (SSSR count). The monoisotopic (exact) mass is 424 g/mol. The molecule has 2 aromatic rings. The second kappa shape index (κ2) is 9.21. The molecule has 7 nitrogen and oxygen atoms in total. The largest absolute Gasteiger partial charge is 0.339 e. The van der Waals surface area contributed by atoms with Gasteiger partial charge in [-0.2, -0.15) is 5.10 Å². The molecule has 2 aliphatic rings. The van der Waals surface area contributed by atoms with E-state index in [1.807, 2.05) is 47.8 Å². The molecule has 0 N–H and O–H groups in total. The van der Waals surface area contributed by atoms with Gasteiger partial charge in [-0.15, -0.1) is 11.3 Å². The molecule has 0 aliphatic carbocycles. The summed E-state index contributed by atoms with van der Waals surface area (Å²) in [6.07, 6.45) is 1.05. The minimum atomic E-state index is -0.124. The summed E-state index contributed by atoms with van der Waals surface area (Å²) in [7, 11) is 0. The van der Waals surface area contributed by atoms with Crippen molar-refractivity contribution < 1.29 is 14.4 Å². The second-order valence-corrected chi connectivity index (χ2v) is 8.28. The number of amides is 3. The van der Waals surface area contributed by atoms with Crippen molar-refractivity contribution in [3.63, 3.8) is 0 Å². The lowest BCUT2D eigenvalue weighted by Gasteiger charge is -2.34. The van der Waals surface area contributed by atoms with Gasteiger partial charge in [0.1, 0.15) is 0 Å². The van der Waals surface area contributed by atoms with Crippen molar-refractivity contribution in [2.75, 3.05) is 32.7 Å². The summed E-state index contributed by atoms with van der Waals surface area (Å²) in [5.41, 5.74) is 1.93. The van der Waals surface area contributed by atoms with E-state index < -0.39 is 0 Å². The molecule has 1 aromatic heterocycles. The average Bonchev–Trinajstić information content (AvgIpc) is 3.50. The maximum absolute atomic E-state index is 12.5. The number of nitrogens with zero attached hydrogens (tertiary/aromatic N) is 4. The van der Waals surface area contributed by atoms with Crippen molar-refractivity contribution in [2.24, 2.45) is 5.10 Å². The van der Waals surface area contributed by atoms with E-state index >= 15 is 0 Å². The fourth-order valence-electron chi connectivity index (χ4n) is 3.69. The molecule has 0 radical (unpaired) electrons. The third-order valence-electron chi connectivity index (χ3n) is 5.40. The molecule has 0 atom stereocenters. The summed E-state index contributed by atoms with van der Waals surface area (Å²) in [5, 5.41) is 7.80. The van der Waals surface area contributed by atoms with Crippen LogP contribution in [0, 0.1) is 0 Å². The van der Waals surface area contributed by atoms with E-state index in [1.165, 1.54) is 16.3 Å². The Bertz CT molecular complexity index is 935. The number of hydrogen-bond acceptors (Lipinski definition) is 5. The molecule has 2 aliphatic heterocycles. The van der Waals surface area contributed by atoms with Crippen LogP contribution >= 0.6 is 11.3 Å². The van der Waals surface area contributed by atoms with Crippen LogP contribution in [0.5, 0.6) is 0 Å². The van der Waals surface area contributed by atoms with Crippen LogP contribution in [0.1, 0.15) is 34.5 Å². The van der Waals surface area contributed by atoms with Gasteiger partial charge in [0.15, 0.2) is 0 Å². The Morgan fingerprint density at radius 2 is 1.53 bits per heavy atom. The summed E-state index contributed by atoms with van der Waals surface area (Å²) in [6.45, 7) is 2.61. The van der Waals surface area contributed by atoms with E-state index in [0.29, 0.717) is 32.7 Å². The Balaban J connectivity index is 1.23. The third kappa shape index (κ3) is 4.59. The Morgan fingerprint density at radius 3 is 2.23 bits per heavy atom. The molecule has 3 heterocycles. The predicted octanol–water partition coefficient (Wildman–Crippen LogP) is 2.45. The van der Waals surface area contributed by atoms with Crippen LogP contribution in [-0.2, 0) is 9.59 Å². The normalized spacial score (nSPS) is 16.5. The molecule has 0 bridgehead atoms. The highest BCUT2D eigenvalue weighted by atomic mass is 32.1. The molecule has 30 heavy (non-hydrogen) atoms. The Morgan fingerprint density at radius 1 is 0.833 bits per heavy atom. The maximum Gasteiger partial charge on any atom is 0.264 e. The van der Waals surface area contributed by atoms with Crippen LogP contribution in [0.4, 0.5) is 0 Å². The molecule has 8 heteroatoms. The van der Waals surface area contributed by atoms with E-state index in [2.05, 4.69) is 5.10 Å². The number of hydrazone groups is 1. The van der Waals surface area contributed by atoms with E-state index in [0.717, 1.165) is 22.6 Å². The lowest BCUT2D eigenvalue weighted by atomic mass is 10.1. The van der Waals surface area contributed by atoms with Gasteiger partial charge in [-0.05, 0) is 17.0 Å². The van der Waals surface area contributed by atoms with Crippen LogP contribution in [0.2, 0.25) is 0 Å². The summed E-state index contributed by atoms with van der Waals surface area (Å²) in [5.74, 6) is -0.146. The molecule has 1 saturated heterocycles. The standard InChI is InChI=1S/C22H24N4O3S/c27-20(24-12-14-25(15-13-24)22(29)19-7-4-16-30-19)8-9-21(28)26-11-10-18(23-26)17-5-2-1-3-6-17/h1-7,16H,8-15H2. The highest BCUT2D eigenvalue weighted by molar-refractivity contribution is 7.12. The second-order valence-electron chi connectivity index (χ2n) is 7.33. The fraction of sp³-hybridized carbons (Fsp3) is 0.364. The summed E-state index contributed by atoms with van der Waals surface area (Å²) >= 11 is 1.43. The molecule has 156 valence electrons. The van der Waals surface area contributed by atoms with Gasteiger partial charge in [0.05, 0.1) is 17.1 Å². The molecule has 0 unspecified atom stereocenters. The molecule has 0 spiro atoms. The van der Waals surface area contributed by atoms with Crippen LogP contribution in [0.3, 0.4) is 0 Å². The van der Waals surface area contributed by atoms with Crippen molar-refractivity contribution in [1.29, 1.82) is 0 Å². The number of carbonyl (C=O) groups is 3. The first-order valence-electron chi connectivity index (χ1n) is 10.2. The first kappa shape index (κ1) is 20.3. The van der Waals surface area contributed by atoms with Gasteiger partial charge >= 0.3 is 0 Å². The molecular formula is C22H24N4O3S. The van der Waals surface area contributed by atoms with Crippen molar-refractivity contribution in [1.82, 2.24) is 14.8 Å². The van der Waals surface area contributed by atoms with Gasteiger partial charge in [0.2, 0.25) is 11.8 Å². The van der Waals surface area contributed by atoms with E-state index in [-0.39, 0.29) is 30.6 Å². The van der Waals surface area contributed by atoms with Crippen molar-refractivity contribution in [2.45, 2.75) is 19.3 Å². The highest BCUT2D eigenvalue weighted by Crippen LogP contribution is 2.17. The van der Waals surface area contributed by atoms with Gasteiger partial charge < -0.3 is 9.80 Å². The first-order chi connectivity index (χ1) is 14.6. The van der Waals surface area contributed by atoms with Gasteiger partial charge in [-0.1, -0.05) is 36.4 Å². The quantitative estimate of drug-likeness (QED) is 0.740. The minimum Gasteiger partial charge on any atom is -0.339 e. The SMILES string of the molecule is O=C(CCC(=O)N1CCC(c2ccccc2)=N1)N1CCN(C(=O)c2cccs2)CC1. The van der Waals surface area contributed by atoms with Crippen molar-refractivity contribution in [3.8, 4) is 0 Å². The highest BCUT2D eigenvalue weighted by Gasteiger charge is 2.27. The lowest BCUT2D eigenvalue weighted by Crippen LogP contribution is -2.50. The fourth-order valence-corrected chi connectivity index (χ4v) is 4.38. The number of piperazine rings is 1. The topological polar surface area (TPSA) is 73.3 Å². The molecule has 3 amide bonds. The van der Waals surface area contributed by atoms with Crippen LogP contribution < -0.4 is 0 Å². The summed E-state index contributed by atoms with van der Waals surface area (Å²) < 4.78 is 0. The zero-order valence-corrected chi connectivity index (χ0v) is 17.5. The number of benzene rings is 1. The zero-order valence-electron chi connectivity index (χ0n) is 16.7. The summed E-state index contributed by atoms with van der Waals surface area (Å²) in [4.78, 5) is 41.7. The summed E-state index contributed by atoms with van der Waals surface area (Å²) in [6, 6.07) is 13.5. The molecule has 1 aromatic carbocycles. The van der Waals surface area contributed by atoms with E-state index in [9.17, 15) is 14.4 Å². The maximum atomic E-state index is 12.5. The average molecular weight is 425 g/mol. The zero-order chi connectivity index (χ0) is 20.9. The molecular weight excluding hydrogens is 400 g/mol. The van der Waals surface area contributed by atoms with Gasteiger partial charge in [-0.25, -0.2) is 5.01 Å². The lowest BCUT2D eigenvalue weighted by molar-refractivity contribution is -0.137. The Labute approximate surface area is 179 Å². The van der Waals surface area contributed by atoms with Gasteiger partial charge in [0, 0.05) is 45.4 Å². The number of thiophene rings is 1. The van der Waals surface area contributed by atoms with Crippen molar-refractivity contribution >= 4 is 34.8 Å². The molecule has 0 saturated carbocycles.